The molecule has 1 rings (SSSR count). The van der Waals surface area contributed by atoms with Gasteiger partial charge >= 0.3 is 0 Å². The molecule has 1 aliphatic rings. The van der Waals surface area contributed by atoms with E-state index in [4.69, 9.17) is 9.47 Å². The molecule has 5 heteroatoms. The van der Waals surface area contributed by atoms with Crippen LogP contribution in [0.2, 0.25) is 0 Å². The Hall–Kier alpha value is -0.650. The monoisotopic (exact) mass is 217 g/mol. The van der Waals surface area contributed by atoms with Gasteiger partial charge in [-0.05, 0) is 19.8 Å². The first kappa shape index (κ1) is 12.4. The summed E-state index contributed by atoms with van der Waals surface area (Å²) < 4.78 is 10.3. The lowest BCUT2D eigenvalue weighted by atomic mass is 10.2. The van der Waals surface area contributed by atoms with E-state index in [1.54, 1.807) is 6.92 Å². The molecule has 1 aliphatic heterocycles. The van der Waals surface area contributed by atoms with Crippen LogP contribution in [0.25, 0.3) is 0 Å². The number of carbonyl (C=O) groups excluding carboxylic acids is 1. The summed E-state index contributed by atoms with van der Waals surface area (Å²) in [6, 6.07) is 0. The minimum atomic E-state index is -0.719. The van der Waals surface area contributed by atoms with Gasteiger partial charge in [0.25, 0.3) is 6.47 Å². The molecule has 2 unspecified atom stereocenters. The predicted molar refractivity (Wildman–Crippen MR) is 53.1 cm³/mol. The highest BCUT2D eigenvalue weighted by Crippen LogP contribution is 2.33. The van der Waals surface area contributed by atoms with Gasteiger partial charge in [0.15, 0.2) is 6.23 Å². The molecule has 1 N–H and O–H groups in total. The van der Waals surface area contributed by atoms with Crippen molar-refractivity contribution in [3.63, 3.8) is 0 Å². The average molecular weight is 217 g/mol. The van der Waals surface area contributed by atoms with Gasteiger partial charge in [0.2, 0.25) is 0 Å². The molecule has 0 aromatic carbocycles. The van der Waals surface area contributed by atoms with Crippen molar-refractivity contribution in [2.24, 2.45) is 0 Å². The molecule has 0 bridgehead atoms. The Labute approximate surface area is 89.9 Å². The molecule has 0 aromatic heterocycles. The Morgan fingerprint density at radius 2 is 2.40 bits per heavy atom. The van der Waals surface area contributed by atoms with Crippen LogP contribution in [0.1, 0.15) is 39.5 Å². The molecule has 2 atom stereocenters. The van der Waals surface area contributed by atoms with Gasteiger partial charge in [0.1, 0.15) is 5.72 Å². The van der Waals surface area contributed by atoms with Gasteiger partial charge in [-0.2, -0.15) is 0 Å². The van der Waals surface area contributed by atoms with Crippen molar-refractivity contribution in [2.75, 3.05) is 6.61 Å². The summed E-state index contributed by atoms with van der Waals surface area (Å²) in [5, 5.41) is 10.8. The van der Waals surface area contributed by atoms with Gasteiger partial charge in [0, 0.05) is 13.0 Å². The summed E-state index contributed by atoms with van der Waals surface area (Å²) in [4.78, 5) is 10.2. The van der Waals surface area contributed by atoms with Crippen molar-refractivity contribution in [3.8, 4) is 0 Å². The van der Waals surface area contributed by atoms with E-state index in [1.807, 2.05) is 0 Å². The van der Waals surface area contributed by atoms with Crippen LogP contribution < -0.4 is 0 Å². The average Bonchev–Trinajstić information content (AvgIpc) is 2.48. The van der Waals surface area contributed by atoms with Crippen molar-refractivity contribution >= 4 is 6.47 Å². The Balaban J connectivity index is 2.44. The summed E-state index contributed by atoms with van der Waals surface area (Å²) in [5.41, 5.74) is -0.719. The van der Waals surface area contributed by atoms with Crippen LogP contribution in [0, 0.1) is 0 Å². The topological polar surface area (TPSA) is 59.0 Å². The summed E-state index contributed by atoms with van der Waals surface area (Å²) in [6.45, 7) is 4.84. The molecule has 0 aliphatic carbocycles. The second-order valence-electron chi connectivity index (χ2n) is 3.95. The molecule has 1 heterocycles. The van der Waals surface area contributed by atoms with E-state index < -0.39 is 12.0 Å². The van der Waals surface area contributed by atoms with E-state index in [1.165, 1.54) is 0 Å². The van der Waals surface area contributed by atoms with Crippen LogP contribution in [-0.2, 0) is 14.3 Å². The molecule has 15 heavy (non-hydrogen) atoms. The zero-order valence-electron chi connectivity index (χ0n) is 9.31. The first-order valence-corrected chi connectivity index (χ1v) is 5.35. The van der Waals surface area contributed by atoms with Crippen LogP contribution in [0.4, 0.5) is 0 Å². The van der Waals surface area contributed by atoms with Gasteiger partial charge in [0.05, 0.1) is 0 Å². The first-order chi connectivity index (χ1) is 7.14. The third-order valence-corrected chi connectivity index (χ3v) is 2.74. The zero-order chi connectivity index (χ0) is 11.3. The van der Waals surface area contributed by atoms with E-state index >= 15 is 0 Å². The van der Waals surface area contributed by atoms with E-state index in [2.05, 4.69) is 6.92 Å². The molecule has 88 valence electrons. The van der Waals surface area contributed by atoms with Gasteiger partial charge in [-0.1, -0.05) is 13.3 Å². The van der Waals surface area contributed by atoms with Crippen molar-refractivity contribution in [1.29, 1.82) is 0 Å². The number of ether oxygens (including phenoxy) is 2. The quantitative estimate of drug-likeness (QED) is 0.539. The minimum absolute atomic E-state index is 0.353. The second-order valence-corrected chi connectivity index (χ2v) is 3.95. The number of hydrogen-bond acceptors (Lipinski definition) is 5. The van der Waals surface area contributed by atoms with Crippen molar-refractivity contribution < 1.29 is 19.5 Å². The molecule has 0 aromatic rings. The number of hydrogen-bond donors (Lipinski definition) is 1. The third kappa shape index (κ3) is 2.90. The number of hydroxylamine groups is 2. The Morgan fingerprint density at radius 3 is 3.00 bits per heavy atom. The van der Waals surface area contributed by atoms with Gasteiger partial charge in [-0.3, -0.25) is 4.79 Å². The highest BCUT2D eigenvalue weighted by Gasteiger charge is 2.44. The lowest BCUT2D eigenvalue weighted by Gasteiger charge is -2.31. The Bertz CT molecular complexity index is 212. The molecular formula is C10H19NO4. The van der Waals surface area contributed by atoms with Crippen molar-refractivity contribution in [2.45, 2.75) is 51.5 Å². The zero-order valence-corrected chi connectivity index (χ0v) is 9.31. The molecule has 0 spiro atoms. The maximum Gasteiger partial charge on any atom is 0.294 e. The highest BCUT2D eigenvalue weighted by atomic mass is 16.7. The lowest BCUT2D eigenvalue weighted by molar-refractivity contribution is -0.298. The minimum Gasteiger partial charge on any atom is -0.446 e. The summed E-state index contributed by atoms with van der Waals surface area (Å²) >= 11 is 0. The number of carbonyl (C=O) groups is 1. The maximum absolute atomic E-state index is 10.2. The van der Waals surface area contributed by atoms with Crippen LogP contribution in [0.3, 0.4) is 0 Å². The number of unbranched alkanes of at least 4 members (excludes halogenated alkanes) is 1. The fourth-order valence-electron chi connectivity index (χ4n) is 1.70. The fraction of sp³-hybridized carbons (Fsp3) is 0.900. The van der Waals surface area contributed by atoms with Gasteiger partial charge in [-0.25, -0.2) is 0 Å². The molecule has 0 radical (unpaired) electrons. The maximum atomic E-state index is 10.2. The molecule has 1 saturated heterocycles. The number of nitrogens with zero attached hydrogens (tertiary/aromatic N) is 1. The Kier molecular flexibility index (Phi) is 4.50. The van der Waals surface area contributed by atoms with Crippen molar-refractivity contribution in [1.82, 2.24) is 5.06 Å². The van der Waals surface area contributed by atoms with Crippen LogP contribution in [0.5, 0.6) is 0 Å². The van der Waals surface area contributed by atoms with E-state index in [-0.39, 0.29) is 0 Å². The van der Waals surface area contributed by atoms with Crippen LogP contribution in [0.15, 0.2) is 0 Å². The Morgan fingerprint density at radius 1 is 1.67 bits per heavy atom. The molecular weight excluding hydrogens is 198 g/mol. The standard InChI is InChI=1S/C10H19NO4/c1-3-4-7-15-10(2)6-5-9(11(10)13)14-8-12/h8-9,13H,3-7H2,1-2H3. The van der Waals surface area contributed by atoms with E-state index in [9.17, 15) is 10.0 Å². The largest absolute Gasteiger partial charge is 0.446 e. The third-order valence-electron chi connectivity index (χ3n) is 2.74. The molecule has 0 saturated carbocycles. The van der Waals surface area contributed by atoms with E-state index in [0.717, 1.165) is 17.9 Å². The van der Waals surface area contributed by atoms with Gasteiger partial charge < -0.3 is 14.7 Å². The normalized spacial score (nSPS) is 31.8. The lowest BCUT2D eigenvalue weighted by Crippen LogP contribution is -2.45. The molecule has 5 nitrogen and oxygen atoms in total. The molecule has 0 amide bonds. The summed E-state index contributed by atoms with van der Waals surface area (Å²) in [6.07, 6.45) is 2.69. The SMILES string of the molecule is CCCCOC1(C)CCC(OC=O)N1O. The van der Waals surface area contributed by atoms with Crippen molar-refractivity contribution in [3.05, 3.63) is 0 Å². The van der Waals surface area contributed by atoms with Gasteiger partial charge in [-0.15, -0.1) is 5.06 Å². The number of rotatable bonds is 6. The van der Waals surface area contributed by atoms with Crippen LogP contribution in [-0.4, -0.2) is 35.3 Å². The highest BCUT2D eigenvalue weighted by molar-refractivity contribution is 5.37. The first-order valence-electron chi connectivity index (χ1n) is 5.35. The van der Waals surface area contributed by atoms with E-state index in [0.29, 0.717) is 25.9 Å². The fourth-order valence-corrected chi connectivity index (χ4v) is 1.70. The predicted octanol–water partition coefficient (Wildman–Crippen LogP) is 1.50. The second kappa shape index (κ2) is 5.44. The summed E-state index contributed by atoms with van der Waals surface area (Å²) in [7, 11) is 0. The molecule has 1 fully saturated rings. The van der Waals surface area contributed by atoms with Crippen LogP contribution >= 0.6 is 0 Å². The summed E-state index contributed by atoms with van der Waals surface area (Å²) in [5.74, 6) is 0. The smallest absolute Gasteiger partial charge is 0.294 e.